The van der Waals surface area contributed by atoms with Gasteiger partial charge in [-0.1, -0.05) is 6.07 Å². The topological polar surface area (TPSA) is 85.4 Å². The number of hydrogen-bond acceptors (Lipinski definition) is 6. The number of halogens is 2. The Morgan fingerprint density at radius 1 is 1.04 bits per heavy atom. The van der Waals surface area contributed by atoms with Crippen LogP contribution in [-0.2, 0) is 0 Å². The SMILES string of the molecule is Cc1cc(C(=O)Nc2c(F)cccc2F)nc(Nc2ccc3c(c2)OCO3)n1. The molecular weight excluding hydrogens is 370 g/mol. The molecule has 1 aliphatic rings. The van der Waals surface area contributed by atoms with Gasteiger partial charge in [0.05, 0.1) is 0 Å². The molecule has 4 rings (SSSR count). The second-order valence-electron chi connectivity index (χ2n) is 5.96. The van der Waals surface area contributed by atoms with E-state index in [-0.39, 0.29) is 18.4 Å². The number of benzene rings is 2. The fourth-order valence-corrected chi connectivity index (χ4v) is 2.64. The van der Waals surface area contributed by atoms with Gasteiger partial charge in [-0.2, -0.15) is 0 Å². The summed E-state index contributed by atoms with van der Waals surface area (Å²) in [5, 5.41) is 5.17. The highest BCUT2D eigenvalue weighted by molar-refractivity contribution is 6.03. The first-order valence-electron chi connectivity index (χ1n) is 8.27. The molecule has 0 spiro atoms. The molecular formula is C19H14F2N4O3. The quantitative estimate of drug-likeness (QED) is 0.712. The van der Waals surface area contributed by atoms with E-state index in [2.05, 4.69) is 20.6 Å². The third-order valence-corrected chi connectivity index (χ3v) is 3.92. The van der Waals surface area contributed by atoms with Crippen LogP contribution in [-0.4, -0.2) is 22.7 Å². The molecule has 0 saturated heterocycles. The number of amides is 1. The molecule has 28 heavy (non-hydrogen) atoms. The van der Waals surface area contributed by atoms with E-state index in [1.54, 1.807) is 25.1 Å². The van der Waals surface area contributed by atoms with Crippen LogP contribution < -0.4 is 20.1 Å². The van der Waals surface area contributed by atoms with Crippen molar-refractivity contribution in [1.29, 1.82) is 0 Å². The molecule has 0 saturated carbocycles. The highest BCUT2D eigenvalue weighted by atomic mass is 19.1. The number of anilines is 3. The van der Waals surface area contributed by atoms with Gasteiger partial charge in [-0.25, -0.2) is 18.7 Å². The molecule has 0 radical (unpaired) electrons. The standard InChI is InChI=1S/C19H14F2N4O3/c1-10-7-14(18(26)25-17-12(20)3-2-4-13(17)21)24-19(22-10)23-11-5-6-15-16(8-11)28-9-27-15/h2-8H,9H2,1H3,(H,25,26)(H,22,23,24). The van der Waals surface area contributed by atoms with Crippen LogP contribution in [0.1, 0.15) is 16.2 Å². The summed E-state index contributed by atoms with van der Waals surface area (Å²) in [6.45, 7) is 1.82. The minimum atomic E-state index is -0.877. The van der Waals surface area contributed by atoms with Gasteiger partial charge in [0.2, 0.25) is 12.7 Å². The third-order valence-electron chi connectivity index (χ3n) is 3.92. The van der Waals surface area contributed by atoms with Gasteiger partial charge in [0.15, 0.2) is 11.5 Å². The van der Waals surface area contributed by atoms with Crippen molar-refractivity contribution in [3.63, 3.8) is 0 Å². The maximum Gasteiger partial charge on any atom is 0.274 e. The molecule has 0 fully saturated rings. The number of carbonyl (C=O) groups excluding carboxylic acids is 1. The summed E-state index contributed by atoms with van der Waals surface area (Å²) in [6.07, 6.45) is 0. The number of para-hydroxylation sites is 1. The Kier molecular flexibility index (Phi) is 4.48. The zero-order valence-electron chi connectivity index (χ0n) is 14.6. The van der Waals surface area contributed by atoms with Gasteiger partial charge in [0.1, 0.15) is 23.0 Å². The third kappa shape index (κ3) is 3.54. The Bertz CT molecular complexity index is 1050. The van der Waals surface area contributed by atoms with Crippen LogP contribution in [0.15, 0.2) is 42.5 Å². The van der Waals surface area contributed by atoms with Crippen LogP contribution in [0.5, 0.6) is 11.5 Å². The van der Waals surface area contributed by atoms with E-state index in [0.29, 0.717) is 22.9 Å². The number of aryl methyl sites for hydroxylation is 1. The predicted octanol–water partition coefficient (Wildman–Crippen LogP) is 3.79. The monoisotopic (exact) mass is 384 g/mol. The number of ether oxygens (including phenoxy) is 2. The number of nitrogens with one attached hydrogen (secondary N) is 2. The lowest BCUT2D eigenvalue weighted by Gasteiger charge is -2.10. The van der Waals surface area contributed by atoms with Crippen LogP contribution in [0, 0.1) is 18.6 Å². The maximum absolute atomic E-state index is 13.8. The van der Waals surface area contributed by atoms with E-state index < -0.39 is 23.2 Å². The molecule has 2 heterocycles. The van der Waals surface area contributed by atoms with E-state index in [4.69, 9.17) is 9.47 Å². The number of hydrogen-bond donors (Lipinski definition) is 2. The molecule has 9 heteroatoms. The summed E-state index contributed by atoms with van der Waals surface area (Å²) in [7, 11) is 0. The number of nitrogens with zero attached hydrogens (tertiary/aromatic N) is 2. The molecule has 0 unspecified atom stereocenters. The molecule has 1 aliphatic heterocycles. The van der Waals surface area contributed by atoms with Crippen molar-refractivity contribution in [2.75, 3.05) is 17.4 Å². The van der Waals surface area contributed by atoms with Crippen LogP contribution >= 0.6 is 0 Å². The zero-order chi connectivity index (χ0) is 19.7. The number of rotatable bonds is 4. The van der Waals surface area contributed by atoms with Gasteiger partial charge >= 0.3 is 0 Å². The molecule has 1 aromatic heterocycles. The van der Waals surface area contributed by atoms with Gasteiger partial charge < -0.3 is 20.1 Å². The largest absolute Gasteiger partial charge is 0.454 e. The first-order valence-corrected chi connectivity index (χ1v) is 8.27. The molecule has 2 aromatic carbocycles. The highest BCUT2D eigenvalue weighted by Crippen LogP contribution is 2.34. The summed E-state index contributed by atoms with van der Waals surface area (Å²) in [6, 6.07) is 9.92. The van der Waals surface area contributed by atoms with E-state index in [1.165, 1.54) is 12.1 Å². The Hall–Kier alpha value is -3.75. The van der Waals surface area contributed by atoms with Crippen molar-refractivity contribution < 1.29 is 23.0 Å². The van der Waals surface area contributed by atoms with Gasteiger partial charge in [0.25, 0.3) is 5.91 Å². The summed E-state index contributed by atoms with van der Waals surface area (Å²) < 4.78 is 38.1. The van der Waals surface area contributed by atoms with Crippen molar-refractivity contribution in [2.24, 2.45) is 0 Å². The van der Waals surface area contributed by atoms with Gasteiger partial charge in [0, 0.05) is 17.4 Å². The number of carbonyl (C=O) groups is 1. The Labute approximate surface area is 158 Å². The molecule has 2 N–H and O–H groups in total. The molecule has 142 valence electrons. The molecule has 1 amide bonds. The van der Waals surface area contributed by atoms with Gasteiger partial charge in [-0.3, -0.25) is 4.79 Å². The summed E-state index contributed by atoms with van der Waals surface area (Å²) in [4.78, 5) is 20.8. The molecule has 3 aromatic rings. The van der Waals surface area contributed by atoms with Crippen molar-refractivity contribution in [1.82, 2.24) is 9.97 Å². The second-order valence-corrected chi connectivity index (χ2v) is 5.96. The first-order chi connectivity index (χ1) is 13.5. The van der Waals surface area contributed by atoms with Crippen molar-refractivity contribution in [3.8, 4) is 11.5 Å². The minimum Gasteiger partial charge on any atom is -0.454 e. The van der Waals surface area contributed by atoms with E-state index in [9.17, 15) is 13.6 Å². The van der Waals surface area contributed by atoms with Crippen LogP contribution in [0.25, 0.3) is 0 Å². The Morgan fingerprint density at radius 2 is 1.79 bits per heavy atom. The molecule has 0 bridgehead atoms. The molecule has 0 aliphatic carbocycles. The molecule has 0 atom stereocenters. The maximum atomic E-state index is 13.8. The van der Waals surface area contributed by atoms with Crippen molar-refractivity contribution in [2.45, 2.75) is 6.92 Å². The summed E-state index contributed by atoms with van der Waals surface area (Å²) in [5.74, 6) is -1.16. The lowest BCUT2D eigenvalue weighted by molar-refractivity contribution is 0.102. The second kappa shape index (κ2) is 7.10. The lowest BCUT2D eigenvalue weighted by atomic mass is 10.2. The van der Waals surface area contributed by atoms with E-state index in [0.717, 1.165) is 12.1 Å². The first kappa shape index (κ1) is 17.7. The summed E-state index contributed by atoms with van der Waals surface area (Å²) >= 11 is 0. The summed E-state index contributed by atoms with van der Waals surface area (Å²) in [5.41, 5.74) is 0.547. The van der Waals surface area contributed by atoms with E-state index >= 15 is 0 Å². The fourth-order valence-electron chi connectivity index (χ4n) is 2.64. The average Bonchev–Trinajstić information content (AvgIpc) is 3.12. The normalized spacial score (nSPS) is 12.0. The smallest absolute Gasteiger partial charge is 0.274 e. The minimum absolute atomic E-state index is 0.0432. The predicted molar refractivity (Wildman–Crippen MR) is 96.9 cm³/mol. The van der Waals surface area contributed by atoms with Gasteiger partial charge in [-0.05, 0) is 37.3 Å². The van der Waals surface area contributed by atoms with Crippen molar-refractivity contribution in [3.05, 3.63) is 65.5 Å². The van der Waals surface area contributed by atoms with E-state index in [1.807, 2.05) is 0 Å². The highest BCUT2D eigenvalue weighted by Gasteiger charge is 2.17. The lowest BCUT2D eigenvalue weighted by Crippen LogP contribution is -2.17. The zero-order valence-corrected chi connectivity index (χ0v) is 14.6. The van der Waals surface area contributed by atoms with Crippen LogP contribution in [0.3, 0.4) is 0 Å². The average molecular weight is 384 g/mol. The molecule has 7 nitrogen and oxygen atoms in total. The Morgan fingerprint density at radius 3 is 2.57 bits per heavy atom. The van der Waals surface area contributed by atoms with Crippen LogP contribution in [0.4, 0.5) is 26.1 Å². The number of fused-ring (bicyclic) bond motifs is 1. The van der Waals surface area contributed by atoms with Crippen LogP contribution in [0.2, 0.25) is 0 Å². The fraction of sp³-hybridized carbons (Fsp3) is 0.105. The van der Waals surface area contributed by atoms with Crippen molar-refractivity contribution >= 4 is 23.2 Å². The Balaban J connectivity index is 1.57. The number of aromatic nitrogens is 2. The van der Waals surface area contributed by atoms with Gasteiger partial charge in [-0.15, -0.1) is 0 Å².